The Morgan fingerprint density at radius 3 is 2.58 bits per heavy atom. The molecule has 0 aromatic heterocycles. The molecule has 134 valence electrons. The van der Waals surface area contributed by atoms with Crippen LogP contribution in [0.4, 0.5) is 13.2 Å². The first-order valence-corrected chi connectivity index (χ1v) is 7.94. The number of amides is 1. The van der Waals surface area contributed by atoms with Crippen LogP contribution >= 0.6 is 0 Å². The summed E-state index contributed by atoms with van der Waals surface area (Å²) in [6.45, 7) is 4.96. The SMILES string of the molecule is CN1CCC[C@H](C(=O)NC(C)(C)c2ccccc2OC(F)(F)F)C1. The highest BCUT2D eigenvalue weighted by Crippen LogP contribution is 2.33. The van der Waals surface area contributed by atoms with E-state index in [1.807, 2.05) is 7.05 Å². The standard InChI is InChI=1S/C17H23F3N2O2/c1-16(2,21-15(23)12-7-6-10-22(3)11-12)13-8-4-5-9-14(13)24-17(18,19)20/h4-5,8-9,12H,6-7,10-11H2,1-3H3,(H,21,23)/t12-/m0/s1. The Bertz CT molecular complexity index is 587. The highest BCUT2D eigenvalue weighted by Gasteiger charge is 2.36. The number of piperidine rings is 1. The number of carbonyl (C=O) groups is 1. The molecule has 0 unspecified atom stereocenters. The number of halogens is 3. The van der Waals surface area contributed by atoms with Gasteiger partial charge in [0, 0.05) is 12.1 Å². The fourth-order valence-corrected chi connectivity index (χ4v) is 3.05. The predicted molar refractivity (Wildman–Crippen MR) is 84.5 cm³/mol. The molecule has 1 aliphatic heterocycles. The normalized spacial score (nSPS) is 19.8. The van der Waals surface area contributed by atoms with Crippen molar-refractivity contribution in [3.05, 3.63) is 29.8 Å². The maximum atomic E-state index is 12.6. The van der Waals surface area contributed by atoms with Gasteiger partial charge in [-0.2, -0.15) is 0 Å². The first-order valence-electron chi connectivity index (χ1n) is 7.94. The van der Waals surface area contributed by atoms with Crippen LogP contribution in [0.25, 0.3) is 0 Å². The van der Waals surface area contributed by atoms with Gasteiger partial charge in [-0.05, 0) is 46.3 Å². The molecular formula is C17H23F3N2O2. The van der Waals surface area contributed by atoms with Crippen LogP contribution in [0.3, 0.4) is 0 Å². The number of alkyl halides is 3. The van der Waals surface area contributed by atoms with Crippen molar-refractivity contribution in [2.24, 2.45) is 5.92 Å². The van der Waals surface area contributed by atoms with Crippen molar-refractivity contribution in [1.82, 2.24) is 10.2 Å². The number of benzene rings is 1. The number of likely N-dealkylation sites (tertiary alicyclic amines) is 1. The zero-order chi connectivity index (χ0) is 18.0. The maximum absolute atomic E-state index is 12.6. The van der Waals surface area contributed by atoms with E-state index in [-0.39, 0.29) is 17.6 Å². The van der Waals surface area contributed by atoms with E-state index < -0.39 is 11.9 Å². The van der Waals surface area contributed by atoms with Gasteiger partial charge in [0.15, 0.2) is 0 Å². The first-order chi connectivity index (χ1) is 11.1. The van der Waals surface area contributed by atoms with Crippen molar-refractivity contribution in [2.75, 3.05) is 20.1 Å². The van der Waals surface area contributed by atoms with Gasteiger partial charge in [-0.15, -0.1) is 13.2 Å². The van der Waals surface area contributed by atoms with E-state index in [1.165, 1.54) is 18.2 Å². The smallest absolute Gasteiger partial charge is 0.405 e. The lowest BCUT2D eigenvalue weighted by Crippen LogP contribution is -2.48. The average Bonchev–Trinajstić information content (AvgIpc) is 2.45. The van der Waals surface area contributed by atoms with E-state index in [2.05, 4.69) is 15.0 Å². The third-order valence-electron chi connectivity index (χ3n) is 4.22. The van der Waals surface area contributed by atoms with Crippen LogP contribution in [0.2, 0.25) is 0 Å². The van der Waals surface area contributed by atoms with E-state index in [4.69, 9.17) is 0 Å². The Kier molecular flexibility index (Phi) is 5.42. The van der Waals surface area contributed by atoms with Crippen LogP contribution in [0.1, 0.15) is 32.3 Å². The number of nitrogens with one attached hydrogen (secondary N) is 1. The van der Waals surface area contributed by atoms with Crippen molar-refractivity contribution in [3.63, 3.8) is 0 Å². The molecule has 1 atom stereocenters. The van der Waals surface area contributed by atoms with Crippen molar-refractivity contribution in [2.45, 2.75) is 38.6 Å². The Hall–Kier alpha value is -1.76. The predicted octanol–water partition coefficient (Wildman–Crippen LogP) is 3.28. The van der Waals surface area contributed by atoms with Gasteiger partial charge in [0.2, 0.25) is 5.91 Å². The number of para-hydroxylation sites is 1. The summed E-state index contributed by atoms with van der Waals surface area (Å²) < 4.78 is 41.9. The summed E-state index contributed by atoms with van der Waals surface area (Å²) in [5, 5.41) is 2.88. The number of carbonyl (C=O) groups excluding carboxylic acids is 1. The van der Waals surface area contributed by atoms with E-state index in [1.54, 1.807) is 19.9 Å². The maximum Gasteiger partial charge on any atom is 0.573 e. The van der Waals surface area contributed by atoms with E-state index in [0.717, 1.165) is 19.4 Å². The lowest BCUT2D eigenvalue weighted by atomic mass is 9.90. The Balaban J connectivity index is 2.16. The lowest BCUT2D eigenvalue weighted by Gasteiger charge is -2.34. The summed E-state index contributed by atoms with van der Waals surface area (Å²) in [5.74, 6) is -0.594. The third kappa shape index (κ3) is 4.87. The molecule has 0 radical (unpaired) electrons. The summed E-state index contributed by atoms with van der Waals surface area (Å²) in [7, 11) is 1.96. The van der Waals surface area contributed by atoms with Gasteiger partial charge >= 0.3 is 6.36 Å². The van der Waals surface area contributed by atoms with Crippen LogP contribution < -0.4 is 10.1 Å². The minimum absolute atomic E-state index is 0.145. The molecule has 0 saturated carbocycles. The van der Waals surface area contributed by atoms with Crippen LogP contribution in [0.5, 0.6) is 5.75 Å². The number of nitrogens with zero attached hydrogens (tertiary/aromatic N) is 1. The van der Waals surface area contributed by atoms with Gasteiger partial charge in [-0.3, -0.25) is 4.79 Å². The van der Waals surface area contributed by atoms with Crippen LogP contribution in [-0.4, -0.2) is 37.3 Å². The molecule has 2 rings (SSSR count). The summed E-state index contributed by atoms with van der Waals surface area (Å²) in [6, 6.07) is 5.89. The summed E-state index contributed by atoms with van der Waals surface area (Å²) in [4.78, 5) is 14.6. The summed E-state index contributed by atoms with van der Waals surface area (Å²) in [5.41, 5.74) is -0.686. The molecule has 1 fully saturated rings. The fraction of sp³-hybridized carbons (Fsp3) is 0.588. The highest BCUT2D eigenvalue weighted by atomic mass is 19.4. The highest BCUT2D eigenvalue weighted by molar-refractivity contribution is 5.80. The molecule has 0 spiro atoms. The molecule has 1 heterocycles. The minimum atomic E-state index is -4.78. The third-order valence-corrected chi connectivity index (χ3v) is 4.22. The monoisotopic (exact) mass is 344 g/mol. The van der Waals surface area contributed by atoms with Crippen LogP contribution in [0.15, 0.2) is 24.3 Å². The van der Waals surface area contributed by atoms with E-state index >= 15 is 0 Å². The van der Waals surface area contributed by atoms with Gasteiger partial charge < -0.3 is 15.0 Å². The van der Waals surface area contributed by atoms with Crippen molar-refractivity contribution in [1.29, 1.82) is 0 Å². The Labute approximate surface area is 140 Å². The van der Waals surface area contributed by atoms with Crippen LogP contribution in [0, 0.1) is 5.92 Å². The van der Waals surface area contributed by atoms with Gasteiger partial charge in [0.05, 0.1) is 11.5 Å². The van der Waals surface area contributed by atoms with Gasteiger partial charge in [0.1, 0.15) is 5.75 Å². The van der Waals surface area contributed by atoms with Gasteiger partial charge in [-0.1, -0.05) is 18.2 Å². The number of hydrogen-bond donors (Lipinski definition) is 1. The molecule has 1 amide bonds. The van der Waals surface area contributed by atoms with Crippen LogP contribution in [-0.2, 0) is 10.3 Å². The molecular weight excluding hydrogens is 321 g/mol. The number of hydrogen-bond acceptors (Lipinski definition) is 3. The zero-order valence-corrected chi connectivity index (χ0v) is 14.1. The molecule has 0 aliphatic carbocycles. The topological polar surface area (TPSA) is 41.6 Å². The second-order valence-electron chi connectivity index (χ2n) is 6.76. The fourth-order valence-electron chi connectivity index (χ4n) is 3.05. The molecule has 4 nitrogen and oxygen atoms in total. The van der Waals surface area contributed by atoms with E-state index in [9.17, 15) is 18.0 Å². The number of rotatable bonds is 4. The summed E-state index contributed by atoms with van der Waals surface area (Å²) >= 11 is 0. The minimum Gasteiger partial charge on any atom is -0.405 e. The molecule has 1 saturated heterocycles. The second-order valence-corrected chi connectivity index (χ2v) is 6.76. The molecule has 1 aliphatic rings. The summed E-state index contributed by atoms with van der Waals surface area (Å²) in [6.07, 6.45) is -3.06. The Morgan fingerprint density at radius 2 is 1.96 bits per heavy atom. The molecule has 7 heteroatoms. The van der Waals surface area contributed by atoms with Crippen molar-refractivity contribution in [3.8, 4) is 5.75 Å². The quantitative estimate of drug-likeness (QED) is 0.911. The van der Waals surface area contributed by atoms with E-state index in [0.29, 0.717) is 12.1 Å². The molecule has 0 bridgehead atoms. The van der Waals surface area contributed by atoms with Gasteiger partial charge in [0.25, 0.3) is 0 Å². The lowest BCUT2D eigenvalue weighted by molar-refractivity contribution is -0.275. The molecule has 1 N–H and O–H groups in total. The molecule has 1 aromatic rings. The molecule has 1 aromatic carbocycles. The largest absolute Gasteiger partial charge is 0.573 e. The Morgan fingerprint density at radius 1 is 1.29 bits per heavy atom. The van der Waals surface area contributed by atoms with Crippen molar-refractivity contribution >= 4 is 5.91 Å². The average molecular weight is 344 g/mol. The number of ether oxygens (including phenoxy) is 1. The second kappa shape index (κ2) is 7.01. The van der Waals surface area contributed by atoms with Gasteiger partial charge in [-0.25, -0.2) is 0 Å². The van der Waals surface area contributed by atoms with Crippen molar-refractivity contribution < 1.29 is 22.7 Å². The molecule has 24 heavy (non-hydrogen) atoms. The first kappa shape index (κ1) is 18.6. The zero-order valence-electron chi connectivity index (χ0n) is 14.1.